The maximum absolute atomic E-state index is 11.9. The van der Waals surface area contributed by atoms with Crippen LogP contribution in [-0.2, 0) is 6.54 Å². The normalized spacial score (nSPS) is 12.4. The molecule has 21 heavy (non-hydrogen) atoms. The maximum Gasteiger partial charge on any atom is 0.320 e. The van der Waals surface area contributed by atoms with Gasteiger partial charge in [0.05, 0.1) is 23.1 Å². The van der Waals surface area contributed by atoms with E-state index in [1.165, 1.54) is 11.3 Å². The first-order valence-corrected chi connectivity index (χ1v) is 7.99. The number of nitrogens with zero attached hydrogens (tertiary/aromatic N) is 2. The number of urea groups is 1. The topological polar surface area (TPSA) is 59.0 Å². The number of carbonyl (C=O) groups is 1. The van der Waals surface area contributed by atoms with Crippen LogP contribution in [0.5, 0.6) is 0 Å². The largest absolute Gasteiger partial charge is 0.333 e. The molecule has 0 radical (unpaired) electrons. The molecule has 2 aromatic rings. The van der Waals surface area contributed by atoms with E-state index in [4.69, 9.17) is 11.6 Å². The van der Waals surface area contributed by atoms with Crippen molar-refractivity contribution in [2.24, 2.45) is 5.92 Å². The molecule has 0 aliphatic carbocycles. The van der Waals surface area contributed by atoms with Gasteiger partial charge in [0.2, 0.25) is 0 Å². The molecule has 0 aliphatic rings. The molecule has 0 spiro atoms. The fourth-order valence-electron chi connectivity index (χ4n) is 1.79. The molecule has 2 aromatic heterocycles. The first kappa shape index (κ1) is 15.9. The Morgan fingerprint density at radius 1 is 1.38 bits per heavy atom. The number of carbonyl (C=O) groups excluding carboxylic acids is 1. The van der Waals surface area contributed by atoms with Gasteiger partial charge in [-0.2, -0.15) is 5.10 Å². The van der Waals surface area contributed by atoms with Gasteiger partial charge in [-0.15, -0.1) is 11.3 Å². The highest BCUT2D eigenvalue weighted by Gasteiger charge is 2.15. The van der Waals surface area contributed by atoms with E-state index in [1.54, 1.807) is 12.3 Å². The van der Waals surface area contributed by atoms with E-state index in [2.05, 4.69) is 36.5 Å². The van der Waals surface area contributed by atoms with Gasteiger partial charge in [0.15, 0.2) is 0 Å². The van der Waals surface area contributed by atoms with Crippen LogP contribution in [0.4, 0.5) is 10.6 Å². The average molecular weight is 327 g/mol. The van der Waals surface area contributed by atoms with Crippen LogP contribution >= 0.6 is 22.9 Å². The van der Waals surface area contributed by atoms with E-state index in [9.17, 15) is 4.79 Å². The van der Waals surface area contributed by atoms with Crippen molar-refractivity contribution in [2.45, 2.75) is 33.4 Å². The molecule has 0 unspecified atom stereocenters. The Balaban J connectivity index is 1.92. The highest BCUT2D eigenvalue weighted by atomic mass is 35.5. The minimum absolute atomic E-state index is 0.214. The minimum atomic E-state index is -0.253. The Kier molecular flexibility index (Phi) is 5.25. The number of halogens is 1. The fourth-order valence-corrected chi connectivity index (χ4v) is 2.82. The number of anilines is 1. The summed E-state index contributed by atoms with van der Waals surface area (Å²) in [6, 6.07) is 5.47. The summed E-state index contributed by atoms with van der Waals surface area (Å²) < 4.78 is 2.54. The van der Waals surface area contributed by atoms with Crippen LogP contribution in [0.1, 0.15) is 31.7 Å². The summed E-state index contributed by atoms with van der Waals surface area (Å²) in [7, 11) is 0. The third-order valence-electron chi connectivity index (χ3n) is 3.31. The third-order valence-corrected chi connectivity index (χ3v) is 4.55. The zero-order valence-electron chi connectivity index (χ0n) is 12.3. The van der Waals surface area contributed by atoms with Gasteiger partial charge in [-0.05, 0) is 25.0 Å². The Hall–Kier alpha value is -1.53. The molecular formula is C14H19ClN4OS. The summed E-state index contributed by atoms with van der Waals surface area (Å²) in [5.74, 6) is 1.12. The van der Waals surface area contributed by atoms with Gasteiger partial charge in [-0.1, -0.05) is 25.4 Å². The van der Waals surface area contributed by atoms with Crippen LogP contribution in [0.15, 0.2) is 24.4 Å². The maximum atomic E-state index is 11.9. The van der Waals surface area contributed by atoms with Gasteiger partial charge in [-0.25, -0.2) is 9.48 Å². The second-order valence-electron chi connectivity index (χ2n) is 5.16. The van der Waals surface area contributed by atoms with Crippen molar-refractivity contribution in [1.82, 2.24) is 15.1 Å². The van der Waals surface area contributed by atoms with Crippen molar-refractivity contribution in [1.29, 1.82) is 0 Å². The molecule has 2 rings (SSSR count). The number of hydrogen-bond acceptors (Lipinski definition) is 3. The van der Waals surface area contributed by atoms with Gasteiger partial charge in [0.1, 0.15) is 5.82 Å². The molecule has 0 saturated heterocycles. The van der Waals surface area contributed by atoms with Crippen molar-refractivity contribution >= 4 is 34.8 Å². The third kappa shape index (κ3) is 4.22. The first-order chi connectivity index (χ1) is 9.97. The smallest absolute Gasteiger partial charge is 0.320 e. The second-order valence-corrected chi connectivity index (χ2v) is 6.96. The molecule has 114 valence electrons. The molecule has 7 heteroatoms. The predicted octanol–water partition coefficient (Wildman–Crippen LogP) is 4.14. The van der Waals surface area contributed by atoms with Gasteiger partial charge in [0.25, 0.3) is 0 Å². The molecule has 2 heterocycles. The summed E-state index contributed by atoms with van der Waals surface area (Å²) in [6.07, 6.45) is 1.69. The summed E-state index contributed by atoms with van der Waals surface area (Å²) >= 11 is 7.31. The average Bonchev–Trinajstić information content (AvgIpc) is 3.04. The van der Waals surface area contributed by atoms with E-state index < -0.39 is 0 Å². The number of rotatable bonds is 5. The molecule has 5 nitrogen and oxygen atoms in total. The van der Waals surface area contributed by atoms with Crippen molar-refractivity contribution in [3.63, 3.8) is 0 Å². The van der Waals surface area contributed by atoms with Crippen LogP contribution in [-0.4, -0.2) is 15.8 Å². The summed E-state index contributed by atoms with van der Waals surface area (Å²) in [4.78, 5) is 13.0. The van der Waals surface area contributed by atoms with E-state index in [1.807, 2.05) is 16.8 Å². The lowest BCUT2D eigenvalue weighted by atomic mass is 10.1. The van der Waals surface area contributed by atoms with Crippen LogP contribution < -0.4 is 10.6 Å². The molecule has 0 aliphatic heterocycles. The lowest BCUT2D eigenvalue weighted by Gasteiger charge is -2.19. The minimum Gasteiger partial charge on any atom is -0.333 e. The number of amides is 2. The summed E-state index contributed by atoms with van der Waals surface area (Å²) in [5.41, 5.74) is 0. The highest BCUT2D eigenvalue weighted by molar-refractivity contribution is 7.16. The standard InChI is InChI=1S/C14H19ClN4OS/c1-9(2)10(3)19-13(6-7-17-19)18-14(20)16-8-11-4-5-12(15)21-11/h4-7,9-10H,8H2,1-3H3,(H2,16,18,20)/t10-/m1/s1. The number of nitrogens with one attached hydrogen (secondary N) is 2. The molecule has 0 aromatic carbocycles. The SMILES string of the molecule is CC(C)[C@@H](C)n1nccc1NC(=O)NCc1ccc(Cl)s1. The van der Waals surface area contributed by atoms with Crippen molar-refractivity contribution in [3.8, 4) is 0 Å². The van der Waals surface area contributed by atoms with Crippen LogP contribution in [0, 0.1) is 5.92 Å². The molecule has 2 amide bonds. The highest BCUT2D eigenvalue weighted by Crippen LogP contribution is 2.22. The second kappa shape index (κ2) is 6.95. The molecule has 0 fully saturated rings. The quantitative estimate of drug-likeness (QED) is 0.867. The summed E-state index contributed by atoms with van der Waals surface area (Å²) in [6.45, 7) is 6.78. The number of thiophene rings is 1. The van der Waals surface area contributed by atoms with E-state index >= 15 is 0 Å². The van der Waals surface area contributed by atoms with E-state index in [0.29, 0.717) is 18.3 Å². The van der Waals surface area contributed by atoms with Crippen LogP contribution in [0.2, 0.25) is 4.34 Å². The Bertz CT molecular complexity index is 608. The van der Waals surface area contributed by atoms with Gasteiger partial charge in [-0.3, -0.25) is 5.32 Å². The molecule has 1 atom stereocenters. The zero-order chi connectivity index (χ0) is 15.4. The van der Waals surface area contributed by atoms with Gasteiger partial charge >= 0.3 is 6.03 Å². The monoisotopic (exact) mass is 326 g/mol. The van der Waals surface area contributed by atoms with E-state index in [-0.39, 0.29) is 12.1 Å². The molecule has 0 saturated carbocycles. The zero-order valence-corrected chi connectivity index (χ0v) is 13.8. The van der Waals surface area contributed by atoms with Crippen molar-refractivity contribution in [2.75, 3.05) is 5.32 Å². The van der Waals surface area contributed by atoms with Gasteiger partial charge in [0, 0.05) is 10.9 Å². The van der Waals surface area contributed by atoms with Crippen molar-refractivity contribution in [3.05, 3.63) is 33.6 Å². The van der Waals surface area contributed by atoms with Crippen molar-refractivity contribution < 1.29 is 4.79 Å². The first-order valence-electron chi connectivity index (χ1n) is 6.80. The lowest BCUT2D eigenvalue weighted by molar-refractivity contribution is 0.251. The molecule has 2 N–H and O–H groups in total. The lowest BCUT2D eigenvalue weighted by Crippen LogP contribution is -2.29. The fraction of sp³-hybridized carbons (Fsp3) is 0.429. The van der Waals surface area contributed by atoms with Gasteiger partial charge < -0.3 is 5.32 Å². The van der Waals surface area contributed by atoms with Crippen LogP contribution in [0.3, 0.4) is 0 Å². The van der Waals surface area contributed by atoms with E-state index in [0.717, 1.165) is 9.21 Å². The molecular weight excluding hydrogens is 308 g/mol. The Morgan fingerprint density at radius 2 is 2.14 bits per heavy atom. The van der Waals surface area contributed by atoms with Crippen LogP contribution in [0.25, 0.3) is 0 Å². The number of aromatic nitrogens is 2. The Morgan fingerprint density at radius 3 is 2.76 bits per heavy atom. The predicted molar refractivity (Wildman–Crippen MR) is 87.0 cm³/mol. The number of hydrogen-bond donors (Lipinski definition) is 2. The Labute approximate surface area is 133 Å². The molecule has 0 bridgehead atoms. The summed E-state index contributed by atoms with van der Waals surface area (Å²) in [5, 5.41) is 9.90.